The van der Waals surface area contributed by atoms with E-state index in [2.05, 4.69) is 15.5 Å². The molecule has 4 N–H and O–H groups in total. The summed E-state index contributed by atoms with van der Waals surface area (Å²) in [6.45, 7) is -0.103. The number of nitrogens with one attached hydrogen (secondary N) is 1. The van der Waals surface area contributed by atoms with E-state index in [9.17, 15) is 26.5 Å². The zero-order valence-electron chi connectivity index (χ0n) is 16.6. The zero-order chi connectivity index (χ0) is 23.5. The van der Waals surface area contributed by atoms with Gasteiger partial charge in [-0.2, -0.15) is 16.8 Å². The van der Waals surface area contributed by atoms with Crippen molar-refractivity contribution in [3.05, 3.63) is 48.5 Å². The van der Waals surface area contributed by atoms with Crippen molar-refractivity contribution in [3.63, 3.8) is 0 Å². The number of rotatable bonds is 8. The first kappa shape index (κ1) is 23.4. The quantitative estimate of drug-likeness (QED) is 0.277. The summed E-state index contributed by atoms with van der Waals surface area (Å²) >= 11 is 0. The van der Waals surface area contributed by atoms with Gasteiger partial charge in [-0.05, 0) is 35.7 Å². The summed E-state index contributed by atoms with van der Waals surface area (Å²) in [5, 5.41) is 21.8. The second-order valence-corrected chi connectivity index (χ2v) is 9.53. The van der Waals surface area contributed by atoms with Crippen LogP contribution in [0.4, 0.5) is 17.1 Å². The van der Waals surface area contributed by atoms with Crippen molar-refractivity contribution in [3.8, 4) is 11.5 Å². The van der Waals surface area contributed by atoms with Crippen molar-refractivity contribution < 1.29 is 35.8 Å². The number of phenolic OH excluding ortho intramolecular Hbond substituents is 1. The van der Waals surface area contributed by atoms with Crippen LogP contribution >= 0.6 is 0 Å². The summed E-state index contributed by atoms with van der Waals surface area (Å²) in [7, 11) is -7.50. The normalized spacial score (nSPS) is 12.3. The number of hydrogen-bond acceptors (Lipinski definition) is 9. The maximum absolute atomic E-state index is 11.9. The second kappa shape index (κ2) is 9.08. The van der Waals surface area contributed by atoms with Crippen molar-refractivity contribution in [2.24, 2.45) is 10.2 Å². The Kier molecular flexibility index (Phi) is 6.64. The Morgan fingerprint density at radius 3 is 2.38 bits per heavy atom. The first-order valence-corrected chi connectivity index (χ1v) is 12.1. The lowest BCUT2D eigenvalue weighted by atomic mass is 10.1. The van der Waals surface area contributed by atoms with Crippen LogP contribution in [0.25, 0.3) is 10.8 Å². The predicted octanol–water partition coefficient (Wildman–Crippen LogP) is 3.52. The molecule has 3 aromatic carbocycles. The van der Waals surface area contributed by atoms with Crippen LogP contribution in [0.2, 0.25) is 0 Å². The molecule has 0 saturated carbocycles. The van der Waals surface area contributed by atoms with Crippen LogP contribution in [-0.4, -0.2) is 50.5 Å². The number of fused-ring (bicyclic) bond motifs is 1. The molecule has 0 atom stereocenters. The molecule has 11 nitrogen and oxygen atoms in total. The van der Waals surface area contributed by atoms with Crippen LogP contribution in [0.3, 0.4) is 0 Å². The Bertz CT molecular complexity index is 1400. The largest absolute Gasteiger partial charge is 0.505 e. The number of aromatic hydroxyl groups is 1. The molecule has 3 rings (SSSR count). The Morgan fingerprint density at radius 1 is 1.00 bits per heavy atom. The van der Waals surface area contributed by atoms with E-state index in [4.69, 9.17) is 9.29 Å². The van der Waals surface area contributed by atoms with Crippen molar-refractivity contribution in [2.45, 2.75) is 4.90 Å². The van der Waals surface area contributed by atoms with E-state index in [0.717, 1.165) is 6.07 Å². The van der Waals surface area contributed by atoms with Crippen molar-refractivity contribution in [1.29, 1.82) is 0 Å². The van der Waals surface area contributed by atoms with E-state index in [1.165, 1.54) is 25.3 Å². The minimum absolute atomic E-state index is 0.103. The average Bonchev–Trinajstić information content (AvgIpc) is 2.71. The highest BCUT2D eigenvalue weighted by Crippen LogP contribution is 2.42. The number of phenols is 1. The number of azo groups is 1. The lowest BCUT2D eigenvalue weighted by Crippen LogP contribution is -2.14. The Morgan fingerprint density at radius 2 is 1.72 bits per heavy atom. The van der Waals surface area contributed by atoms with Crippen LogP contribution < -0.4 is 10.1 Å². The van der Waals surface area contributed by atoms with Crippen LogP contribution in [0.5, 0.6) is 11.5 Å². The third kappa shape index (κ3) is 5.50. The van der Waals surface area contributed by atoms with E-state index in [0.29, 0.717) is 11.4 Å². The van der Waals surface area contributed by atoms with Gasteiger partial charge >= 0.3 is 0 Å². The van der Waals surface area contributed by atoms with Crippen molar-refractivity contribution >= 4 is 48.1 Å². The Hall–Kier alpha value is -3.26. The molecular formula is C19H19N3O8S2. The highest BCUT2D eigenvalue weighted by Gasteiger charge is 2.22. The molecule has 32 heavy (non-hydrogen) atoms. The molecule has 0 unspecified atom stereocenters. The van der Waals surface area contributed by atoms with Gasteiger partial charge in [0.05, 0.1) is 12.9 Å². The molecule has 13 heteroatoms. The average molecular weight is 482 g/mol. The highest BCUT2D eigenvalue weighted by atomic mass is 32.2. The summed E-state index contributed by atoms with van der Waals surface area (Å²) in [4.78, 5) is -0.645. The third-order valence-electron chi connectivity index (χ3n) is 4.36. The number of hydrogen-bond donors (Lipinski definition) is 4. The summed E-state index contributed by atoms with van der Waals surface area (Å²) in [6.07, 6.45) is 0. The molecule has 0 aromatic heterocycles. The molecule has 0 radical (unpaired) electrons. The maximum Gasteiger partial charge on any atom is 0.296 e. The van der Waals surface area contributed by atoms with Gasteiger partial charge < -0.3 is 15.2 Å². The Labute approximate surface area is 183 Å². The summed E-state index contributed by atoms with van der Waals surface area (Å²) in [5.74, 6) is -0.737. The zero-order valence-corrected chi connectivity index (χ0v) is 18.3. The summed E-state index contributed by atoms with van der Waals surface area (Å²) < 4.78 is 69.2. The smallest absolute Gasteiger partial charge is 0.296 e. The van der Waals surface area contributed by atoms with Gasteiger partial charge in [0.1, 0.15) is 22.0 Å². The topological polar surface area (TPSA) is 175 Å². The SMILES string of the molecule is COc1ccccc1N=Nc1c(S(=O)(=O)O)cc2ccc(NCCS(=O)(=O)O)cc2c1O. The monoisotopic (exact) mass is 481 g/mol. The predicted molar refractivity (Wildman–Crippen MR) is 118 cm³/mol. The van der Waals surface area contributed by atoms with E-state index < -0.39 is 42.3 Å². The third-order valence-corrected chi connectivity index (χ3v) is 5.95. The van der Waals surface area contributed by atoms with Crippen LogP contribution in [0.15, 0.2) is 63.7 Å². The lowest BCUT2D eigenvalue weighted by Gasteiger charge is -2.11. The summed E-state index contributed by atoms with van der Waals surface area (Å²) in [6, 6.07) is 12.1. The molecule has 170 valence electrons. The van der Waals surface area contributed by atoms with Gasteiger partial charge in [-0.3, -0.25) is 9.11 Å². The first-order valence-electron chi connectivity index (χ1n) is 9.00. The number of ether oxygens (including phenoxy) is 1. The minimum atomic E-state index is -4.76. The number of nitrogens with zero attached hydrogens (tertiary/aromatic N) is 2. The van der Waals surface area contributed by atoms with Gasteiger partial charge in [0.2, 0.25) is 0 Å². The van der Waals surface area contributed by atoms with E-state index >= 15 is 0 Å². The van der Waals surface area contributed by atoms with E-state index in [-0.39, 0.29) is 23.0 Å². The van der Waals surface area contributed by atoms with Crippen LogP contribution in [-0.2, 0) is 20.2 Å². The molecule has 0 amide bonds. The molecule has 0 bridgehead atoms. The van der Waals surface area contributed by atoms with Gasteiger partial charge in [-0.1, -0.05) is 18.2 Å². The number of methoxy groups -OCH3 is 1. The number of anilines is 1. The van der Waals surface area contributed by atoms with Crippen molar-refractivity contribution in [2.75, 3.05) is 24.7 Å². The van der Waals surface area contributed by atoms with E-state index in [1.807, 2.05) is 0 Å². The standard InChI is InChI=1S/C19H19N3O8S2/c1-30-16-5-3-2-4-15(16)21-22-18-17(32(27,28)29)10-12-6-7-13(11-14(12)19(18)23)20-8-9-31(24,25)26/h2-7,10-11,20,23H,8-9H2,1H3,(H,24,25,26)(H,27,28,29). The highest BCUT2D eigenvalue weighted by molar-refractivity contribution is 7.86. The molecule has 0 fully saturated rings. The second-order valence-electron chi connectivity index (χ2n) is 6.57. The fraction of sp³-hybridized carbons (Fsp3) is 0.158. The van der Waals surface area contributed by atoms with Crippen LogP contribution in [0.1, 0.15) is 0 Å². The van der Waals surface area contributed by atoms with Crippen molar-refractivity contribution in [1.82, 2.24) is 0 Å². The molecule has 0 saturated heterocycles. The molecule has 0 aliphatic rings. The number of benzene rings is 3. The van der Waals surface area contributed by atoms with Gasteiger partial charge in [0.15, 0.2) is 5.75 Å². The fourth-order valence-electron chi connectivity index (χ4n) is 2.88. The van der Waals surface area contributed by atoms with Crippen LogP contribution in [0, 0.1) is 0 Å². The molecular weight excluding hydrogens is 462 g/mol. The first-order chi connectivity index (χ1) is 15.0. The molecule has 3 aromatic rings. The molecule has 0 aliphatic heterocycles. The lowest BCUT2D eigenvalue weighted by molar-refractivity contribution is 0.416. The summed E-state index contributed by atoms with van der Waals surface area (Å²) in [5.41, 5.74) is 0.168. The molecule has 0 aliphatic carbocycles. The fourth-order valence-corrected chi connectivity index (χ4v) is 3.90. The van der Waals surface area contributed by atoms with Gasteiger partial charge in [0, 0.05) is 17.6 Å². The minimum Gasteiger partial charge on any atom is -0.505 e. The van der Waals surface area contributed by atoms with E-state index in [1.54, 1.807) is 24.3 Å². The molecule has 0 spiro atoms. The van der Waals surface area contributed by atoms with Gasteiger partial charge in [0.25, 0.3) is 20.2 Å². The Balaban J connectivity index is 2.10. The van der Waals surface area contributed by atoms with Gasteiger partial charge in [-0.25, -0.2) is 0 Å². The van der Waals surface area contributed by atoms with Gasteiger partial charge in [-0.15, -0.1) is 10.2 Å². The number of para-hydroxylation sites is 1. The molecule has 0 heterocycles. The maximum atomic E-state index is 11.9.